The molecule has 0 aliphatic carbocycles. The summed E-state index contributed by atoms with van der Waals surface area (Å²) in [4.78, 5) is 20.0. The van der Waals surface area contributed by atoms with Crippen molar-refractivity contribution >= 4 is 17.3 Å². The normalized spacial score (nSPS) is 20.5. The molecule has 6 nitrogen and oxygen atoms in total. The number of aryl methyl sites for hydroxylation is 2. The third kappa shape index (κ3) is 4.85. The van der Waals surface area contributed by atoms with Crippen LogP contribution in [0.2, 0.25) is 0 Å². The van der Waals surface area contributed by atoms with Crippen LogP contribution in [0, 0.1) is 0 Å². The van der Waals surface area contributed by atoms with Crippen LogP contribution in [-0.2, 0) is 17.6 Å². The summed E-state index contributed by atoms with van der Waals surface area (Å²) < 4.78 is 0. The highest BCUT2D eigenvalue weighted by Gasteiger charge is 2.44. The van der Waals surface area contributed by atoms with E-state index in [1.54, 1.807) is 0 Å². The largest absolute Gasteiger partial charge is 0.412 e. The predicted molar refractivity (Wildman–Crippen MR) is 139 cm³/mol. The van der Waals surface area contributed by atoms with Gasteiger partial charge in [-0.1, -0.05) is 42.8 Å². The fourth-order valence-corrected chi connectivity index (χ4v) is 6.25. The Labute approximate surface area is 204 Å². The zero-order chi connectivity index (χ0) is 22.7. The van der Waals surface area contributed by atoms with Crippen molar-refractivity contribution in [3.63, 3.8) is 0 Å². The Morgan fingerprint density at radius 3 is 1.91 bits per heavy atom. The van der Waals surface area contributed by atoms with Crippen molar-refractivity contribution < 1.29 is 10.3 Å². The number of primary amides is 1. The molecule has 2 fully saturated rings. The second-order valence-corrected chi connectivity index (χ2v) is 10.0. The molecule has 2 saturated heterocycles. The maximum Gasteiger partial charge on any atom is 0.238 e. The van der Waals surface area contributed by atoms with Gasteiger partial charge in [0.05, 0.1) is 0 Å². The average molecular weight is 465 g/mol. The zero-order valence-corrected chi connectivity index (χ0v) is 20.3. The summed E-state index contributed by atoms with van der Waals surface area (Å²) >= 11 is 0. The summed E-state index contributed by atoms with van der Waals surface area (Å²) in [6, 6.07) is 17.8. The van der Waals surface area contributed by atoms with E-state index in [0.29, 0.717) is 0 Å². The van der Waals surface area contributed by atoms with Crippen molar-refractivity contribution in [1.29, 1.82) is 0 Å². The van der Waals surface area contributed by atoms with Crippen LogP contribution in [0.15, 0.2) is 48.5 Å². The van der Waals surface area contributed by atoms with E-state index < -0.39 is 5.54 Å². The lowest BCUT2D eigenvalue weighted by molar-refractivity contribution is -0.134. The number of anilines is 2. The lowest BCUT2D eigenvalue weighted by Crippen LogP contribution is -2.63. The monoisotopic (exact) mass is 464 g/mol. The van der Waals surface area contributed by atoms with Crippen LogP contribution in [0.4, 0.5) is 11.4 Å². The number of hydrogen-bond donors (Lipinski definition) is 1. The Morgan fingerprint density at radius 2 is 1.35 bits per heavy atom. The first kappa shape index (κ1) is 24.7. The van der Waals surface area contributed by atoms with Crippen LogP contribution in [0.25, 0.3) is 0 Å². The smallest absolute Gasteiger partial charge is 0.238 e. The molecule has 0 aromatic heterocycles. The Morgan fingerprint density at radius 1 is 0.794 bits per heavy atom. The number of piperidine rings is 2. The number of carbonyl (C=O) groups excluding carboxylic acids is 1. The van der Waals surface area contributed by atoms with Crippen molar-refractivity contribution in [1.82, 2.24) is 9.80 Å². The molecule has 0 saturated carbocycles. The molecule has 5 rings (SSSR count). The number of nitrogens with two attached hydrogens (primary N) is 1. The van der Waals surface area contributed by atoms with Crippen molar-refractivity contribution in [2.45, 2.75) is 56.9 Å². The molecular formula is C28H40N4O2. The van der Waals surface area contributed by atoms with Gasteiger partial charge in [-0.25, -0.2) is 0 Å². The van der Waals surface area contributed by atoms with E-state index in [-0.39, 0.29) is 11.4 Å². The number of fused-ring (bicyclic) bond motifs is 2. The number of rotatable bonds is 6. The molecular weight excluding hydrogens is 424 g/mol. The topological polar surface area (TPSA) is 84.3 Å². The SMILES string of the molecule is NC(=O)C1(N2CCCCC2)CCN(CCCN2c3ccccc3CCc3ccccc32)CC1.O. The summed E-state index contributed by atoms with van der Waals surface area (Å²) in [5.74, 6) is -0.109. The van der Waals surface area contributed by atoms with Gasteiger partial charge in [-0.15, -0.1) is 0 Å². The van der Waals surface area contributed by atoms with Gasteiger partial charge in [0, 0.05) is 31.0 Å². The van der Waals surface area contributed by atoms with E-state index in [2.05, 4.69) is 63.2 Å². The van der Waals surface area contributed by atoms with E-state index in [4.69, 9.17) is 5.73 Å². The molecule has 0 radical (unpaired) electrons. The van der Waals surface area contributed by atoms with Gasteiger partial charge in [0.25, 0.3) is 0 Å². The predicted octanol–water partition coefficient (Wildman–Crippen LogP) is 3.29. The molecule has 1 amide bonds. The molecule has 3 aliphatic heterocycles. The number of likely N-dealkylation sites (tertiary alicyclic amines) is 2. The third-order valence-electron chi connectivity index (χ3n) is 8.19. The standard InChI is InChI=1S/C28H38N4O.H2O/c29-27(33)28(31-18-6-1-7-19-31)15-21-30(22-16-28)17-8-20-32-25-11-4-2-9-23(25)13-14-24-10-3-5-12-26(24)32;/h2-5,9-12H,1,6-8,13-22H2,(H2,29,33);1H2. The first-order valence-electron chi connectivity index (χ1n) is 12.9. The highest BCUT2D eigenvalue weighted by Crippen LogP contribution is 2.36. The number of hydrogen-bond acceptors (Lipinski definition) is 4. The molecule has 2 aromatic rings. The molecule has 184 valence electrons. The van der Waals surface area contributed by atoms with Crippen molar-refractivity contribution in [3.8, 4) is 0 Å². The number of para-hydroxylation sites is 2. The first-order chi connectivity index (χ1) is 16.2. The molecule has 3 heterocycles. The number of nitrogens with zero attached hydrogens (tertiary/aromatic N) is 3. The highest BCUT2D eigenvalue weighted by atomic mass is 16.1. The Balaban J connectivity index is 0.00000274. The molecule has 0 bridgehead atoms. The molecule has 4 N–H and O–H groups in total. The average Bonchev–Trinajstić information content (AvgIpc) is 3.02. The van der Waals surface area contributed by atoms with E-state index in [9.17, 15) is 4.79 Å². The van der Waals surface area contributed by atoms with Gasteiger partial charge in [0.1, 0.15) is 5.54 Å². The van der Waals surface area contributed by atoms with Gasteiger partial charge < -0.3 is 21.0 Å². The van der Waals surface area contributed by atoms with Crippen LogP contribution in [0.1, 0.15) is 49.7 Å². The number of amides is 1. The van der Waals surface area contributed by atoms with Crippen molar-refractivity contribution in [3.05, 3.63) is 59.7 Å². The molecule has 0 unspecified atom stereocenters. The Kier molecular flexibility index (Phi) is 7.91. The molecule has 6 heteroatoms. The van der Waals surface area contributed by atoms with Crippen LogP contribution in [0.5, 0.6) is 0 Å². The van der Waals surface area contributed by atoms with Crippen LogP contribution in [0.3, 0.4) is 0 Å². The minimum Gasteiger partial charge on any atom is -0.412 e. The van der Waals surface area contributed by atoms with Gasteiger partial charge in [0.2, 0.25) is 5.91 Å². The maximum absolute atomic E-state index is 12.5. The van der Waals surface area contributed by atoms with Crippen LogP contribution in [-0.4, -0.2) is 66.0 Å². The summed E-state index contributed by atoms with van der Waals surface area (Å²) in [7, 11) is 0. The number of benzene rings is 2. The van der Waals surface area contributed by atoms with Crippen LogP contribution < -0.4 is 10.6 Å². The Hall–Kier alpha value is -2.41. The van der Waals surface area contributed by atoms with Crippen molar-refractivity contribution in [2.75, 3.05) is 44.2 Å². The molecule has 3 aliphatic rings. The molecule has 0 spiro atoms. The van der Waals surface area contributed by atoms with Crippen LogP contribution >= 0.6 is 0 Å². The zero-order valence-electron chi connectivity index (χ0n) is 20.3. The molecule has 2 aromatic carbocycles. The summed E-state index contributed by atoms with van der Waals surface area (Å²) in [5.41, 5.74) is 11.2. The quantitative estimate of drug-likeness (QED) is 0.711. The fraction of sp³-hybridized carbons (Fsp3) is 0.536. The van der Waals surface area contributed by atoms with E-state index in [1.807, 2.05) is 0 Å². The van der Waals surface area contributed by atoms with Gasteiger partial charge >= 0.3 is 0 Å². The Bertz CT molecular complexity index is 917. The van der Waals surface area contributed by atoms with Gasteiger partial charge in [-0.2, -0.15) is 0 Å². The van der Waals surface area contributed by atoms with Gasteiger partial charge in [-0.05, 0) is 87.8 Å². The van der Waals surface area contributed by atoms with E-state index in [0.717, 1.165) is 71.4 Å². The molecule has 34 heavy (non-hydrogen) atoms. The summed E-state index contributed by atoms with van der Waals surface area (Å²) in [6.45, 7) is 6.06. The minimum absolute atomic E-state index is 0. The van der Waals surface area contributed by atoms with Crippen molar-refractivity contribution in [2.24, 2.45) is 5.73 Å². The van der Waals surface area contributed by atoms with Gasteiger partial charge in [-0.3, -0.25) is 9.69 Å². The highest BCUT2D eigenvalue weighted by molar-refractivity contribution is 5.85. The summed E-state index contributed by atoms with van der Waals surface area (Å²) in [5, 5.41) is 0. The maximum atomic E-state index is 12.5. The number of carbonyl (C=O) groups is 1. The van der Waals surface area contributed by atoms with E-state index in [1.165, 1.54) is 41.8 Å². The molecule has 0 atom stereocenters. The third-order valence-corrected chi connectivity index (χ3v) is 8.19. The fourth-order valence-electron chi connectivity index (χ4n) is 6.25. The summed E-state index contributed by atoms with van der Waals surface area (Å²) in [6.07, 6.45) is 8.71. The first-order valence-corrected chi connectivity index (χ1v) is 12.9. The van der Waals surface area contributed by atoms with Gasteiger partial charge in [0.15, 0.2) is 0 Å². The van der Waals surface area contributed by atoms with E-state index >= 15 is 0 Å². The minimum atomic E-state index is -0.417. The lowest BCUT2D eigenvalue weighted by atomic mass is 9.83. The second-order valence-electron chi connectivity index (χ2n) is 10.0. The lowest BCUT2D eigenvalue weighted by Gasteiger charge is -2.48. The second kappa shape index (κ2) is 10.9.